The number of hydrogen-bond donors (Lipinski definition) is 0. The van der Waals surface area contributed by atoms with Gasteiger partial charge in [0.1, 0.15) is 0 Å². The molecule has 0 aliphatic rings. The molecule has 0 atom stereocenters. The van der Waals surface area contributed by atoms with Gasteiger partial charge in [-0.3, -0.25) is 9.97 Å². The molecule has 7 aromatic carbocycles. The van der Waals surface area contributed by atoms with Crippen molar-refractivity contribution in [1.29, 1.82) is 0 Å². The maximum Gasteiger partial charge on any atom is 0.0542 e. The Morgan fingerprint density at radius 3 is 0.952 bits per heavy atom. The second-order valence-corrected chi connectivity index (χ2v) is 15.2. The van der Waals surface area contributed by atoms with Crippen molar-refractivity contribution in [2.75, 3.05) is 9.80 Å². The van der Waals surface area contributed by atoms with Crippen LogP contribution >= 0.6 is 0 Å². The van der Waals surface area contributed by atoms with Crippen molar-refractivity contribution in [2.24, 2.45) is 0 Å². The first-order valence-corrected chi connectivity index (χ1v) is 20.8. The maximum absolute atomic E-state index is 4.28. The summed E-state index contributed by atoms with van der Waals surface area (Å²) in [5.74, 6) is 0. The fraction of sp³-hybridized carbons (Fsp3) is 0. The second kappa shape index (κ2) is 15.9. The molecule has 11 aromatic rings. The van der Waals surface area contributed by atoms with E-state index in [1.807, 2.05) is 61.2 Å². The Balaban J connectivity index is 1.04. The molecule has 0 unspecified atom stereocenters. The molecular formula is C56H40N6. The summed E-state index contributed by atoms with van der Waals surface area (Å²) in [4.78, 5) is 13.1. The van der Waals surface area contributed by atoms with E-state index in [9.17, 15) is 0 Å². The summed E-state index contributed by atoms with van der Waals surface area (Å²) in [6.45, 7) is 0. The standard InChI is InChI=1S/C56H40N6/c1-5-13-45(14-6-1)59(51-29-33-57-34-30-51)49-25-21-41(22-26-49)53-37-43-39-56-44(40-55(43)61(53)47-17-9-3-10-18-47)38-54(62(56)48-19-11-4-12-20-48)42-23-27-50(28-24-42)60(46-15-7-2-8-16-46)52-31-35-58-36-32-52/h1-40H. The van der Waals surface area contributed by atoms with Gasteiger partial charge in [-0.1, -0.05) is 97.1 Å². The molecule has 0 spiro atoms. The summed E-state index contributed by atoms with van der Waals surface area (Å²) in [6, 6.07) is 77.7. The molecule has 62 heavy (non-hydrogen) atoms. The Bertz CT molecular complexity index is 2940. The van der Waals surface area contributed by atoms with Crippen LogP contribution in [0.15, 0.2) is 243 Å². The first kappa shape index (κ1) is 36.6. The van der Waals surface area contributed by atoms with Crippen molar-refractivity contribution in [3.63, 3.8) is 0 Å². The lowest BCUT2D eigenvalue weighted by Crippen LogP contribution is -2.09. The Hall–Kier alpha value is -8.48. The van der Waals surface area contributed by atoms with Gasteiger partial charge in [0.2, 0.25) is 0 Å². The molecule has 0 amide bonds. The zero-order valence-electron chi connectivity index (χ0n) is 33.8. The molecule has 11 rings (SSSR count). The molecule has 4 heterocycles. The molecule has 294 valence electrons. The molecule has 0 saturated heterocycles. The van der Waals surface area contributed by atoms with Gasteiger partial charge in [0.15, 0.2) is 0 Å². The van der Waals surface area contributed by atoms with Gasteiger partial charge >= 0.3 is 0 Å². The molecule has 0 N–H and O–H groups in total. The molecular weight excluding hydrogens is 757 g/mol. The van der Waals surface area contributed by atoms with Crippen LogP contribution in [-0.2, 0) is 0 Å². The van der Waals surface area contributed by atoms with Gasteiger partial charge in [-0.15, -0.1) is 0 Å². The minimum absolute atomic E-state index is 1.05. The zero-order chi connectivity index (χ0) is 41.2. The number of fused-ring (bicyclic) bond motifs is 2. The normalized spacial score (nSPS) is 11.2. The Morgan fingerprint density at radius 2 is 0.597 bits per heavy atom. The molecule has 4 aromatic heterocycles. The molecule has 0 radical (unpaired) electrons. The number of hydrogen-bond acceptors (Lipinski definition) is 4. The highest BCUT2D eigenvalue weighted by Gasteiger charge is 2.20. The van der Waals surface area contributed by atoms with Gasteiger partial charge in [-0.2, -0.15) is 0 Å². The lowest BCUT2D eigenvalue weighted by molar-refractivity contribution is 1.13. The first-order chi connectivity index (χ1) is 30.8. The van der Waals surface area contributed by atoms with Gasteiger partial charge in [0.25, 0.3) is 0 Å². The van der Waals surface area contributed by atoms with Crippen molar-refractivity contribution < 1.29 is 0 Å². The summed E-state index contributed by atoms with van der Waals surface area (Å²) < 4.78 is 4.79. The summed E-state index contributed by atoms with van der Waals surface area (Å²) >= 11 is 0. The van der Waals surface area contributed by atoms with Crippen LogP contribution < -0.4 is 9.80 Å². The van der Waals surface area contributed by atoms with Crippen molar-refractivity contribution in [2.45, 2.75) is 0 Å². The third kappa shape index (κ3) is 6.76. The van der Waals surface area contributed by atoms with E-state index < -0.39 is 0 Å². The lowest BCUT2D eigenvalue weighted by atomic mass is 10.1. The Labute approximate surface area is 360 Å². The number of nitrogens with zero attached hydrogens (tertiary/aromatic N) is 6. The van der Waals surface area contributed by atoms with E-state index in [1.165, 1.54) is 0 Å². The van der Waals surface area contributed by atoms with Gasteiger partial charge in [0, 0.05) is 81.1 Å². The maximum atomic E-state index is 4.28. The summed E-state index contributed by atoms with van der Waals surface area (Å²) in [5.41, 5.74) is 15.4. The van der Waals surface area contributed by atoms with E-state index in [4.69, 9.17) is 0 Å². The summed E-state index contributed by atoms with van der Waals surface area (Å²) in [7, 11) is 0. The van der Waals surface area contributed by atoms with Crippen LogP contribution in [0.4, 0.5) is 34.1 Å². The molecule has 0 fully saturated rings. The topological polar surface area (TPSA) is 42.1 Å². The van der Waals surface area contributed by atoms with Crippen LogP contribution in [0.5, 0.6) is 0 Å². The van der Waals surface area contributed by atoms with Crippen molar-refractivity contribution in [1.82, 2.24) is 19.1 Å². The molecule has 0 bridgehead atoms. The summed E-state index contributed by atoms with van der Waals surface area (Å²) in [6.07, 6.45) is 7.36. The average Bonchev–Trinajstić information content (AvgIpc) is 3.91. The fourth-order valence-corrected chi connectivity index (χ4v) is 8.64. The fourth-order valence-electron chi connectivity index (χ4n) is 8.64. The minimum Gasteiger partial charge on any atom is -0.310 e. The number of rotatable bonds is 10. The van der Waals surface area contributed by atoms with E-state index in [1.54, 1.807) is 0 Å². The highest BCUT2D eigenvalue weighted by molar-refractivity contribution is 6.02. The third-order valence-corrected chi connectivity index (χ3v) is 11.5. The van der Waals surface area contributed by atoms with Crippen LogP contribution in [-0.4, -0.2) is 19.1 Å². The quantitative estimate of drug-likeness (QED) is 0.138. The lowest BCUT2D eigenvalue weighted by Gasteiger charge is -2.25. The molecule has 6 heteroatoms. The largest absolute Gasteiger partial charge is 0.310 e. The predicted molar refractivity (Wildman–Crippen MR) is 256 cm³/mol. The summed E-state index contributed by atoms with van der Waals surface area (Å²) in [5, 5.41) is 2.33. The van der Waals surface area contributed by atoms with Gasteiger partial charge in [-0.25, -0.2) is 0 Å². The Morgan fingerprint density at radius 1 is 0.290 bits per heavy atom. The molecule has 0 aliphatic heterocycles. The van der Waals surface area contributed by atoms with E-state index in [-0.39, 0.29) is 0 Å². The van der Waals surface area contributed by atoms with Crippen LogP contribution in [0.25, 0.3) is 55.7 Å². The molecule has 0 saturated carbocycles. The van der Waals surface area contributed by atoms with Crippen molar-refractivity contribution in [3.05, 3.63) is 243 Å². The monoisotopic (exact) mass is 796 g/mol. The van der Waals surface area contributed by atoms with Crippen LogP contribution in [0.3, 0.4) is 0 Å². The van der Waals surface area contributed by atoms with E-state index in [2.05, 4.69) is 211 Å². The van der Waals surface area contributed by atoms with Crippen LogP contribution in [0, 0.1) is 0 Å². The number of anilines is 6. The average molecular weight is 797 g/mol. The van der Waals surface area contributed by atoms with Crippen molar-refractivity contribution >= 4 is 55.9 Å². The first-order valence-electron chi connectivity index (χ1n) is 20.8. The molecule has 0 aliphatic carbocycles. The predicted octanol–water partition coefficient (Wildman–Crippen LogP) is 14.6. The zero-order valence-corrected chi connectivity index (χ0v) is 33.8. The highest BCUT2D eigenvalue weighted by Crippen LogP contribution is 2.41. The van der Waals surface area contributed by atoms with E-state index in [0.717, 1.165) is 89.8 Å². The second-order valence-electron chi connectivity index (χ2n) is 15.2. The van der Waals surface area contributed by atoms with Crippen LogP contribution in [0.1, 0.15) is 0 Å². The van der Waals surface area contributed by atoms with Gasteiger partial charge in [-0.05, 0) is 132 Å². The number of aromatic nitrogens is 4. The highest BCUT2D eigenvalue weighted by atomic mass is 15.1. The van der Waals surface area contributed by atoms with Gasteiger partial charge < -0.3 is 18.9 Å². The molecule has 6 nitrogen and oxygen atoms in total. The van der Waals surface area contributed by atoms with E-state index >= 15 is 0 Å². The minimum atomic E-state index is 1.05. The Kier molecular flexibility index (Phi) is 9.41. The van der Waals surface area contributed by atoms with Crippen molar-refractivity contribution in [3.8, 4) is 33.9 Å². The number of benzene rings is 7. The van der Waals surface area contributed by atoms with Gasteiger partial charge in [0.05, 0.1) is 22.4 Å². The number of para-hydroxylation sites is 4. The van der Waals surface area contributed by atoms with E-state index in [0.29, 0.717) is 0 Å². The third-order valence-electron chi connectivity index (χ3n) is 11.5. The number of pyridine rings is 2. The smallest absolute Gasteiger partial charge is 0.0542 e. The SMILES string of the molecule is c1ccc(N(c2ccncc2)c2ccc(-c3cc4cc5c(cc(-c6ccc(N(c7ccccc7)c7ccncc7)cc6)n5-c5ccccc5)cc4n3-c3ccccc3)cc2)cc1. The van der Waals surface area contributed by atoms with Crippen LogP contribution in [0.2, 0.25) is 0 Å².